The molecule has 0 radical (unpaired) electrons. The Balaban J connectivity index is 2.00. The Kier molecular flexibility index (Phi) is 3.77. The maximum absolute atomic E-state index is 11.1. The quantitative estimate of drug-likeness (QED) is 0.844. The summed E-state index contributed by atoms with van der Waals surface area (Å²) in [4.78, 5) is 11.1. The van der Waals surface area contributed by atoms with Crippen LogP contribution in [0, 0.1) is 0 Å². The first kappa shape index (κ1) is 11.7. The summed E-state index contributed by atoms with van der Waals surface area (Å²) >= 11 is 5.40. The minimum Gasteiger partial charge on any atom is -0.325 e. The third-order valence-corrected chi connectivity index (χ3v) is 2.51. The van der Waals surface area contributed by atoms with Gasteiger partial charge >= 0.3 is 0 Å². The van der Waals surface area contributed by atoms with Crippen molar-refractivity contribution in [2.45, 2.75) is 6.54 Å². The first-order valence-corrected chi connectivity index (χ1v) is 5.73. The van der Waals surface area contributed by atoms with E-state index < -0.39 is 0 Å². The zero-order valence-corrected chi connectivity index (χ0v) is 9.89. The Labute approximate surface area is 104 Å². The number of nitrogens with zero attached hydrogens (tertiary/aromatic N) is 2. The van der Waals surface area contributed by atoms with Crippen LogP contribution in [0.15, 0.2) is 42.7 Å². The molecule has 0 spiro atoms. The average molecular weight is 250 g/mol. The minimum atomic E-state index is -0.202. The van der Waals surface area contributed by atoms with Crippen LogP contribution in [0.3, 0.4) is 0 Å². The van der Waals surface area contributed by atoms with Crippen molar-refractivity contribution in [3.05, 3.63) is 48.3 Å². The summed E-state index contributed by atoms with van der Waals surface area (Å²) in [6.45, 7) is 0.719. The molecule has 4 nitrogen and oxygen atoms in total. The number of rotatable bonds is 4. The molecule has 1 aromatic carbocycles. The SMILES string of the molecule is O=C(CCl)Nc1ccc(Cn2cccn2)cc1. The van der Waals surface area contributed by atoms with Crippen molar-refractivity contribution >= 4 is 23.2 Å². The summed E-state index contributed by atoms with van der Waals surface area (Å²) in [5.74, 6) is -0.235. The van der Waals surface area contributed by atoms with Gasteiger partial charge in [0.05, 0.1) is 6.54 Å². The van der Waals surface area contributed by atoms with E-state index in [9.17, 15) is 4.79 Å². The van der Waals surface area contributed by atoms with Gasteiger partial charge in [0, 0.05) is 18.1 Å². The molecule has 0 unspecified atom stereocenters. The Morgan fingerprint density at radius 1 is 1.35 bits per heavy atom. The first-order chi connectivity index (χ1) is 8.28. The molecule has 0 fully saturated rings. The Bertz CT molecular complexity index is 479. The molecule has 0 aliphatic rings. The van der Waals surface area contributed by atoms with Gasteiger partial charge in [-0.05, 0) is 23.8 Å². The highest BCUT2D eigenvalue weighted by molar-refractivity contribution is 6.29. The van der Waals surface area contributed by atoms with E-state index in [-0.39, 0.29) is 11.8 Å². The van der Waals surface area contributed by atoms with Crippen molar-refractivity contribution < 1.29 is 4.79 Å². The van der Waals surface area contributed by atoms with E-state index in [1.54, 1.807) is 6.20 Å². The van der Waals surface area contributed by atoms with Crippen LogP contribution in [0.25, 0.3) is 0 Å². The molecule has 1 N–H and O–H groups in total. The standard InChI is InChI=1S/C12H12ClN3O/c13-8-12(17)15-11-4-2-10(3-5-11)9-16-7-1-6-14-16/h1-7H,8-9H2,(H,15,17). The fourth-order valence-corrected chi connectivity index (χ4v) is 1.54. The van der Waals surface area contributed by atoms with Crippen molar-refractivity contribution in [3.63, 3.8) is 0 Å². The minimum absolute atomic E-state index is 0.0327. The first-order valence-electron chi connectivity index (χ1n) is 5.20. The molecule has 2 aromatic rings. The maximum Gasteiger partial charge on any atom is 0.239 e. The van der Waals surface area contributed by atoms with Gasteiger partial charge in [0.25, 0.3) is 0 Å². The second kappa shape index (κ2) is 5.50. The van der Waals surface area contributed by atoms with Crippen LogP contribution in [0.1, 0.15) is 5.56 Å². The summed E-state index contributed by atoms with van der Waals surface area (Å²) in [6.07, 6.45) is 3.65. The number of carbonyl (C=O) groups excluding carboxylic acids is 1. The van der Waals surface area contributed by atoms with Crippen molar-refractivity contribution in [3.8, 4) is 0 Å². The van der Waals surface area contributed by atoms with Crippen LogP contribution >= 0.6 is 11.6 Å². The van der Waals surface area contributed by atoms with Gasteiger partial charge in [-0.2, -0.15) is 5.10 Å². The summed E-state index contributed by atoms with van der Waals surface area (Å²) in [7, 11) is 0. The third kappa shape index (κ3) is 3.32. The third-order valence-electron chi connectivity index (χ3n) is 2.26. The number of benzene rings is 1. The van der Waals surface area contributed by atoms with Crippen LogP contribution in [-0.2, 0) is 11.3 Å². The van der Waals surface area contributed by atoms with E-state index in [1.165, 1.54) is 0 Å². The van der Waals surface area contributed by atoms with Gasteiger partial charge in [0.1, 0.15) is 5.88 Å². The lowest BCUT2D eigenvalue weighted by Gasteiger charge is -2.05. The monoisotopic (exact) mass is 249 g/mol. The number of anilines is 1. The highest BCUT2D eigenvalue weighted by atomic mass is 35.5. The molecule has 0 aliphatic heterocycles. The summed E-state index contributed by atoms with van der Waals surface area (Å²) in [5, 5.41) is 6.81. The molecule has 0 aliphatic carbocycles. The fraction of sp³-hybridized carbons (Fsp3) is 0.167. The largest absolute Gasteiger partial charge is 0.325 e. The zero-order chi connectivity index (χ0) is 12.1. The summed E-state index contributed by atoms with van der Waals surface area (Å²) in [5.41, 5.74) is 1.87. The molecule has 0 atom stereocenters. The molecule has 1 amide bonds. The van der Waals surface area contributed by atoms with E-state index in [0.29, 0.717) is 0 Å². The van der Waals surface area contributed by atoms with Crippen molar-refractivity contribution in [1.29, 1.82) is 0 Å². The van der Waals surface area contributed by atoms with Crippen molar-refractivity contribution in [2.75, 3.05) is 11.2 Å². The number of carbonyl (C=O) groups is 1. The van der Waals surface area contributed by atoms with Gasteiger partial charge in [-0.25, -0.2) is 0 Å². The lowest BCUT2D eigenvalue weighted by molar-refractivity contribution is -0.113. The van der Waals surface area contributed by atoms with Crippen LogP contribution in [0.4, 0.5) is 5.69 Å². The van der Waals surface area contributed by atoms with Gasteiger partial charge in [-0.3, -0.25) is 9.48 Å². The second-order valence-electron chi connectivity index (χ2n) is 3.58. The molecule has 1 aromatic heterocycles. The molecule has 5 heteroatoms. The smallest absolute Gasteiger partial charge is 0.239 e. The second-order valence-corrected chi connectivity index (χ2v) is 3.85. The molecule has 17 heavy (non-hydrogen) atoms. The highest BCUT2D eigenvalue weighted by Crippen LogP contribution is 2.10. The van der Waals surface area contributed by atoms with E-state index in [0.717, 1.165) is 17.8 Å². The number of nitrogens with one attached hydrogen (secondary N) is 1. The van der Waals surface area contributed by atoms with E-state index in [4.69, 9.17) is 11.6 Å². The molecule has 0 saturated carbocycles. The molecule has 1 heterocycles. The molecule has 0 bridgehead atoms. The average Bonchev–Trinajstić information content (AvgIpc) is 2.84. The van der Waals surface area contributed by atoms with Gasteiger partial charge in [0.2, 0.25) is 5.91 Å². The Morgan fingerprint density at radius 3 is 2.71 bits per heavy atom. The number of hydrogen-bond donors (Lipinski definition) is 1. The zero-order valence-electron chi connectivity index (χ0n) is 9.14. The Hall–Kier alpha value is -1.81. The lowest BCUT2D eigenvalue weighted by Crippen LogP contribution is -2.12. The maximum atomic E-state index is 11.1. The lowest BCUT2D eigenvalue weighted by atomic mass is 10.2. The van der Waals surface area contributed by atoms with Gasteiger partial charge in [0.15, 0.2) is 0 Å². The number of hydrogen-bond acceptors (Lipinski definition) is 2. The Morgan fingerprint density at radius 2 is 2.12 bits per heavy atom. The van der Waals surface area contributed by atoms with Crippen LogP contribution in [-0.4, -0.2) is 21.6 Å². The number of alkyl halides is 1. The van der Waals surface area contributed by atoms with Crippen molar-refractivity contribution in [2.24, 2.45) is 0 Å². The topological polar surface area (TPSA) is 46.9 Å². The predicted molar refractivity (Wildman–Crippen MR) is 67.1 cm³/mol. The van der Waals surface area contributed by atoms with E-state index in [2.05, 4.69) is 10.4 Å². The van der Waals surface area contributed by atoms with Crippen LogP contribution in [0.2, 0.25) is 0 Å². The predicted octanol–water partition coefficient (Wildman–Crippen LogP) is 2.11. The molecular weight excluding hydrogens is 238 g/mol. The van der Waals surface area contributed by atoms with Gasteiger partial charge in [-0.1, -0.05) is 12.1 Å². The molecule has 88 valence electrons. The van der Waals surface area contributed by atoms with Crippen LogP contribution < -0.4 is 5.32 Å². The number of amides is 1. The van der Waals surface area contributed by atoms with Crippen molar-refractivity contribution in [1.82, 2.24) is 9.78 Å². The highest BCUT2D eigenvalue weighted by Gasteiger charge is 2.00. The fourth-order valence-electron chi connectivity index (χ4n) is 1.47. The van der Waals surface area contributed by atoms with Crippen LogP contribution in [0.5, 0.6) is 0 Å². The van der Waals surface area contributed by atoms with E-state index in [1.807, 2.05) is 41.2 Å². The normalized spacial score (nSPS) is 10.2. The molecular formula is C12H12ClN3O. The molecule has 2 rings (SSSR count). The summed E-state index contributed by atoms with van der Waals surface area (Å²) < 4.78 is 1.84. The van der Waals surface area contributed by atoms with E-state index >= 15 is 0 Å². The number of halogens is 1. The molecule has 0 saturated heterocycles. The van der Waals surface area contributed by atoms with Gasteiger partial charge in [-0.15, -0.1) is 11.6 Å². The van der Waals surface area contributed by atoms with Gasteiger partial charge < -0.3 is 5.32 Å². The summed E-state index contributed by atoms with van der Waals surface area (Å²) in [6, 6.07) is 9.48. The number of aromatic nitrogens is 2.